The third kappa shape index (κ3) is 5.01. The summed E-state index contributed by atoms with van der Waals surface area (Å²) in [5.41, 5.74) is 2.21. The van der Waals surface area contributed by atoms with Crippen molar-refractivity contribution in [3.63, 3.8) is 0 Å². The zero-order valence-corrected chi connectivity index (χ0v) is 16.2. The first kappa shape index (κ1) is 19.7. The van der Waals surface area contributed by atoms with Crippen LogP contribution < -0.4 is 5.32 Å². The molecule has 1 aromatic heterocycles. The first-order valence-electron chi connectivity index (χ1n) is 8.76. The van der Waals surface area contributed by atoms with Crippen LogP contribution in [0.5, 0.6) is 0 Å². The Morgan fingerprint density at radius 1 is 1.14 bits per heavy atom. The number of nitrogens with zero attached hydrogens (tertiary/aromatic N) is 2. The fourth-order valence-electron chi connectivity index (χ4n) is 2.81. The number of thioether (sulfide) groups is 1. The second-order valence-corrected chi connectivity index (χ2v) is 7.29. The number of aryl methyl sites for hydroxylation is 1. The predicted molar refractivity (Wildman–Crippen MR) is 109 cm³/mol. The van der Waals surface area contributed by atoms with E-state index in [-0.39, 0.29) is 17.5 Å². The van der Waals surface area contributed by atoms with Gasteiger partial charge in [-0.05, 0) is 23.3 Å². The molecule has 0 unspecified atom stereocenters. The second kappa shape index (κ2) is 9.23. The van der Waals surface area contributed by atoms with Gasteiger partial charge in [0, 0.05) is 25.2 Å². The van der Waals surface area contributed by atoms with E-state index in [1.54, 1.807) is 30.5 Å². The Hall–Kier alpha value is -3.06. The van der Waals surface area contributed by atoms with E-state index in [2.05, 4.69) is 10.3 Å². The van der Waals surface area contributed by atoms with Gasteiger partial charge in [-0.25, -0.2) is 9.78 Å². The Bertz CT molecular complexity index is 939. The number of carbonyl (C=O) groups is 2. The molecule has 6 nitrogen and oxygen atoms in total. The molecule has 1 atom stereocenters. The number of imidazole rings is 1. The summed E-state index contributed by atoms with van der Waals surface area (Å²) in [6.07, 6.45) is 3.57. The zero-order valence-electron chi connectivity index (χ0n) is 15.4. The number of benzene rings is 2. The van der Waals surface area contributed by atoms with E-state index in [1.165, 1.54) is 11.8 Å². The second-order valence-electron chi connectivity index (χ2n) is 6.30. The van der Waals surface area contributed by atoms with Crippen LogP contribution in [-0.2, 0) is 17.6 Å². The van der Waals surface area contributed by atoms with Crippen molar-refractivity contribution in [2.45, 2.75) is 11.8 Å². The number of amides is 1. The normalized spacial score (nSPS) is 11.8. The topological polar surface area (TPSA) is 84.2 Å². The quantitative estimate of drug-likeness (QED) is 0.612. The van der Waals surface area contributed by atoms with Gasteiger partial charge in [0.15, 0.2) is 0 Å². The number of aromatic carboxylic acids is 1. The smallest absolute Gasteiger partial charge is 0.335 e. The van der Waals surface area contributed by atoms with Gasteiger partial charge in [-0.15, -0.1) is 11.8 Å². The van der Waals surface area contributed by atoms with Crippen molar-refractivity contribution in [1.82, 2.24) is 14.9 Å². The van der Waals surface area contributed by atoms with Crippen LogP contribution in [0.3, 0.4) is 0 Å². The minimum atomic E-state index is -0.945. The highest BCUT2D eigenvalue weighted by Gasteiger charge is 2.20. The monoisotopic (exact) mass is 395 g/mol. The summed E-state index contributed by atoms with van der Waals surface area (Å²) < 4.78 is 1.90. The molecule has 0 aliphatic heterocycles. The predicted octanol–water partition coefficient (Wildman–Crippen LogP) is 3.26. The minimum absolute atomic E-state index is 0.0796. The first-order chi connectivity index (χ1) is 13.5. The third-order valence-electron chi connectivity index (χ3n) is 4.26. The molecule has 2 aromatic carbocycles. The Balaban J connectivity index is 1.60. The molecule has 144 valence electrons. The number of aromatic nitrogens is 2. The molecule has 0 radical (unpaired) electrons. The molecular weight excluding hydrogens is 374 g/mol. The third-order valence-corrected chi connectivity index (χ3v) is 5.26. The minimum Gasteiger partial charge on any atom is -0.478 e. The molecule has 0 spiro atoms. The molecule has 0 aliphatic rings. The number of hydrogen-bond acceptors (Lipinski definition) is 4. The highest BCUT2D eigenvalue weighted by Crippen LogP contribution is 2.21. The molecular formula is C21H21N3O3S. The Kier molecular flexibility index (Phi) is 6.49. The number of hydrogen-bond donors (Lipinski definition) is 2. The average molecular weight is 395 g/mol. The average Bonchev–Trinajstić information content (AvgIpc) is 3.13. The van der Waals surface area contributed by atoms with Gasteiger partial charge in [0.2, 0.25) is 5.91 Å². The number of nitrogens with one attached hydrogen (secondary N) is 1. The van der Waals surface area contributed by atoms with Crippen LogP contribution in [0.15, 0.2) is 67.0 Å². The lowest BCUT2D eigenvalue weighted by Gasteiger charge is -2.19. The molecule has 1 amide bonds. The summed E-state index contributed by atoms with van der Waals surface area (Å²) >= 11 is 1.48. The lowest BCUT2D eigenvalue weighted by Crippen LogP contribution is -2.32. The molecule has 1 heterocycles. The molecule has 0 saturated carbocycles. The van der Waals surface area contributed by atoms with Gasteiger partial charge < -0.3 is 15.0 Å². The van der Waals surface area contributed by atoms with Gasteiger partial charge in [-0.1, -0.05) is 42.5 Å². The lowest BCUT2D eigenvalue weighted by atomic mass is 10.1. The summed E-state index contributed by atoms with van der Waals surface area (Å²) in [5, 5.41) is 12.0. The first-order valence-corrected chi connectivity index (χ1v) is 9.91. The maximum atomic E-state index is 12.5. The van der Waals surface area contributed by atoms with Crippen LogP contribution in [-0.4, -0.2) is 32.3 Å². The number of carboxylic acid groups (broad SMARTS) is 1. The lowest BCUT2D eigenvalue weighted by molar-refractivity contribution is -0.119. The Morgan fingerprint density at radius 2 is 1.86 bits per heavy atom. The van der Waals surface area contributed by atoms with Crippen LogP contribution in [0.25, 0.3) is 0 Å². The Morgan fingerprint density at radius 3 is 2.46 bits per heavy atom. The van der Waals surface area contributed by atoms with Gasteiger partial charge in [-0.3, -0.25) is 4.79 Å². The highest BCUT2D eigenvalue weighted by molar-refractivity contribution is 7.99. The summed E-state index contributed by atoms with van der Waals surface area (Å²) in [4.78, 5) is 27.8. The van der Waals surface area contributed by atoms with Crippen molar-refractivity contribution in [3.05, 3.63) is 89.5 Å². The summed E-state index contributed by atoms with van der Waals surface area (Å²) in [6.45, 7) is 0. The van der Waals surface area contributed by atoms with E-state index in [4.69, 9.17) is 5.11 Å². The van der Waals surface area contributed by atoms with Crippen molar-refractivity contribution in [2.75, 3.05) is 5.75 Å². The molecule has 0 saturated heterocycles. The number of carboxylic acids is 1. The van der Waals surface area contributed by atoms with Gasteiger partial charge in [0.25, 0.3) is 0 Å². The van der Waals surface area contributed by atoms with E-state index in [0.29, 0.717) is 11.5 Å². The summed E-state index contributed by atoms with van der Waals surface area (Å²) in [7, 11) is 1.90. The van der Waals surface area contributed by atoms with Crippen molar-refractivity contribution in [3.8, 4) is 0 Å². The van der Waals surface area contributed by atoms with Crippen molar-refractivity contribution in [1.29, 1.82) is 0 Å². The van der Waals surface area contributed by atoms with E-state index >= 15 is 0 Å². The van der Waals surface area contributed by atoms with Crippen LogP contribution in [0.4, 0.5) is 0 Å². The maximum absolute atomic E-state index is 12.5. The summed E-state index contributed by atoms with van der Waals surface area (Å²) in [5.74, 6) is 0.679. The molecule has 0 bridgehead atoms. The molecule has 7 heteroatoms. The molecule has 0 aliphatic carbocycles. The van der Waals surface area contributed by atoms with Gasteiger partial charge in [0.1, 0.15) is 11.9 Å². The van der Waals surface area contributed by atoms with Crippen molar-refractivity contribution in [2.24, 2.45) is 7.05 Å². The van der Waals surface area contributed by atoms with Crippen LogP contribution in [0.2, 0.25) is 0 Å². The highest BCUT2D eigenvalue weighted by atomic mass is 32.2. The van der Waals surface area contributed by atoms with Crippen molar-refractivity contribution < 1.29 is 14.7 Å². The van der Waals surface area contributed by atoms with E-state index in [1.807, 2.05) is 48.1 Å². The Labute approximate surface area is 167 Å². The largest absolute Gasteiger partial charge is 0.478 e. The molecule has 0 fully saturated rings. The van der Waals surface area contributed by atoms with Gasteiger partial charge in [-0.2, -0.15) is 0 Å². The zero-order chi connectivity index (χ0) is 19.9. The van der Waals surface area contributed by atoms with Crippen LogP contribution in [0, 0.1) is 0 Å². The summed E-state index contributed by atoms with van der Waals surface area (Å²) in [6, 6.07) is 16.1. The maximum Gasteiger partial charge on any atom is 0.335 e. The molecule has 3 aromatic rings. The van der Waals surface area contributed by atoms with Gasteiger partial charge >= 0.3 is 5.97 Å². The fraction of sp³-hybridized carbons (Fsp3) is 0.190. The fourth-order valence-corrected chi connectivity index (χ4v) is 3.60. The van der Waals surface area contributed by atoms with Gasteiger partial charge in [0.05, 0.1) is 11.3 Å². The van der Waals surface area contributed by atoms with E-state index < -0.39 is 5.97 Å². The van der Waals surface area contributed by atoms with E-state index in [0.717, 1.165) is 17.0 Å². The van der Waals surface area contributed by atoms with Crippen LogP contribution in [0.1, 0.15) is 33.4 Å². The van der Waals surface area contributed by atoms with E-state index in [9.17, 15) is 9.59 Å². The standard InChI is InChI=1S/C21H21N3O3S/c1-24-12-11-22-20(24)19(16-5-3-2-4-6-16)23-18(25)14-28-13-15-7-9-17(10-8-15)21(26)27/h2-12,19H,13-14H2,1H3,(H,23,25)(H,26,27)/t19-/m1/s1. The van der Waals surface area contributed by atoms with Crippen molar-refractivity contribution >= 4 is 23.6 Å². The van der Waals surface area contributed by atoms with Crippen LogP contribution >= 0.6 is 11.8 Å². The number of rotatable bonds is 8. The number of carbonyl (C=O) groups excluding carboxylic acids is 1. The molecule has 28 heavy (non-hydrogen) atoms. The molecule has 2 N–H and O–H groups in total. The molecule has 3 rings (SSSR count). The SMILES string of the molecule is Cn1ccnc1[C@H](NC(=O)CSCc1ccc(C(=O)O)cc1)c1ccccc1.